The summed E-state index contributed by atoms with van der Waals surface area (Å²) in [4.78, 5) is 19.8. The Bertz CT molecular complexity index is 2420. The van der Waals surface area contributed by atoms with E-state index in [0.29, 0.717) is 48.4 Å². The molecule has 1 unspecified atom stereocenters. The number of fused-ring (bicyclic) bond motifs is 8. The Kier molecular flexibility index (Phi) is 6.56. The summed E-state index contributed by atoms with van der Waals surface area (Å²) in [6.45, 7) is 11.4. The summed E-state index contributed by atoms with van der Waals surface area (Å²) >= 11 is 0. The van der Waals surface area contributed by atoms with Crippen LogP contribution < -0.4 is 14.5 Å². The zero-order valence-electron chi connectivity index (χ0n) is 29.6. The second-order valence-corrected chi connectivity index (χ2v) is 17.4. The van der Waals surface area contributed by atoms with Gasteiger partial charge in [0, 0.05) is 59.1 Å². The summed E-state index contributed by atoms with van der Waals surface area (Å²) in [6.07, 6.45) is 6.22. The number of halogens is 4. The lowest BCUT2D eigenvalue weighted by atomic mass is 9.69. The van der Waals surface area contributed by atoms with Crippen molar-refractivity contribution in [1.82, 2.24) is 4.90 Å². The molecule has 0 N–H and O–H groups in total. The molecule has 9 rings (SSSR count). The third-order valence-electron chi connectivity index (χ3n) is 12.1. The van der Waals surface area contributed by atoms with Gasteiger partial charge in [0.2, 0.25) is 0 Å². The molecule has 1 atom stereocenters. The summed E-state index contributed by atoms with van der Waals surface area (Å²) in [7, 11) is -3.46. The average Bonchev–Trinajstić information content (AvgIpc) is 3.29. The highest BCUT2D eigenvalue weighted by Gasteiger charge is 2.61. The van der Waals surface area contributed by atoms with E-state index in [0.717, 1.165) is 40.3 Å². The molecule has 0 aromatic heterocycles. The van der Waals surface area contributed by atoms with Crippen LogP contribution in [0.15, 0.2) is 24.3 Å². The third kappa shape index (κ3) is 4.01. The van der Waals surface area contributed by atoms with Crippen molar-refractivity contribution in [3.8, 4) is 11.5 Å². The second kappa shape index (κ2) is 10.2. The Hall–Kier alpha value is -4.36. The number of anilines is 2. The first-order valence-corrected chi connectivity index (χ1v) is 19.0. The lowest BCUT2D eigenvalue weighted by molar-refractivity contribution is 0.0722. The molecule has 0 aliphatic carbocycles. The fourth-order valence-electron chi connectivity index (χ4n) is 10.1. The van der Waals surface area contributed by atoms with Gasteiger partial charge in [-0.15, -0.1) is 0 Å². The molecular formula is C39H36F4N3O5S-. The monoisotopic (exact) mass is 734 g/mol. The number of benzene rings is 3. The second-order valence-electron chi connectivity index (χ2n) is 16.0. The molecule has 0 saturated carbocycles. The van der Waals surface area contributed by atoms with Gasteiger partial charge in [-0.05, 0) is 83.6 Å². The van der Waals surface area contributed by atoms with Gasteiger partial charge >= 0.3 is 0 Å². The molecule has 0 radical (unpaired) electrons. The molecule has 6 aliphatic rings. The van der Waals surface area contributed by atoms with Crippen molar-refractivity contribution in [2.24, 2.45) is 0 Å². The van der Waals surface area contributed by atoms with Crippen LogP contribution in [0.2, 0.25) is 0 Å². The number of rotatable bonds is 2. The predicted molar refractivity (Wildman–Crippen MR) is 187 cm³/mol. The van der Waals surface area contributed by atoms with Crippen molar-refractivity contribution >= 4 is 38.5 Å². The van der Waals surface area contributed by atoms with Crippen molar-refractivity contribution in [1.29, 1.82) is 0 Å². The molecule has 1 amide bonds. The van der Waals surface area contributed by atoms with E-state index in [4.69, 9.17) is 4.74 Å². The molecule has 52 heavy (non-hydrogen) atoms. The summed E-state index contributed by atoms with van der Waals surface area (Å²) in [6, 6.07) is 3.36. The molecular weight excluding hydrogens is 699 g/mol. The zero-order valence-corrected chi connectivity index (χ0v) is 30.4. The molecule has 0 saturated heterocycles. The minimum atomic E-state index is -4.80. The van der Waals surface area contributed by atoms with Crippen LogP contribution in [0.4, 0.5) is 28.9 Å². The first-order valence-electron chi connectivity index (χ1n) is 17.4. The Morgan fingerprint density at radius 3 is 1.90 bits per heavy atom. The summed E-state index contributed by atoms with van der Waals surface area (Å²) in [5.74, 6) is -8.97. The Balaban J connectivity index is 1.48. The van der Waals surface area contributed by atoms with Gasteiger partial charge in [-0.1, -0.05) is 12.2 Å². The highest BCUT2D eigenvalue weighted by molar-refractivity contribution is 7.86. The van der Waals surface area contributed by atoms with Gasteiger partial charge in [0.05, 0.1) is 43.9 Å². The predicted octanol–water partition coefficient (Wildman–Crippen LogP) is 7.15. The quantitative estimate of drug-likeness (QED) is 0.120. The largest absolute Gasteiger partial charge is 0.748 e. The molecule has 0 fully saturated rings. The van der Waals surface area contributed by atoms with Crippen molar-refractivity contribution in [2.45, 2.75) is 76.9 Å². The minimum absolute atomic E-state index is 0.140. The Labute approximate surface area is 299 Å². The Morgan fingerprint density at radius 2 is 1.33 bits per heavy atom. The summed E-state index contributed by atoms with van der Waals surface area (Å²) < 4.78 is 107. The van der Waals surface area contributed by atoms with Gasteiger partial charge in [0.1, 0.15) is 17.0 Å². The van der Waals surface area contributed by atoms with E-state index in [1.165, 1.54) is 7.05 Å². The van der Waals surface area contributed by atoms with Gasteiger partial charge in [0.25, 0.3) is 5.91 Å². The van der Waals surface area contributed by atoms with E-state index < -0.39 is 67.3 Å². The number of carbonyl (C=O) groups is 1. The van der Waals surface area contributed by atoms with Crippen molar-refractivity contribution in [3.63, 3.8) is 0 Å². The van der Waals surface area contributed by atoms with Crippen LogP contribution in [0.5, 0.6) is 11.5 Å². The van der Waals surface area contributed by atoms with Crippen LogP contribution >= 0.6 is 0 Å². The Morgan fingerprint density at radius 1 is 0.808 bits per heavy atom. The fourth-order valence-corrected chi connectivity index (χ4v) is 10.8. The van der Waals surface area contributed by atoms with Crippen LogP contribution in [0.1, 0.15) is 96.8 Å². The summed E-state index contributed by atoms with van der Waals surface area (Å²) in [5, 5.41) is 0. The minimum Gasteiger partial charge on any atom is -0.748 e. The van der Waals surface area contributed by atoms with E-state index in [9.17, 15) is 22.2 Å². The van der Waals surface area contributed by atoms with Crippen LogP contribution in [0.3, 0.4) is 0 Å². The van der Waals surface area contributed by atoms with Gasteiger partial charge < -0.3 is 24.0 Å². The fraction of sp³-hybridized carbons (Fsp3) is 0.410. The SMILES string of the molecule is CC1=CC(C)(C)N2CCCc3c4c(cc1c32)C1(c2cc3c5c(c2O4)CCCN5C(C)(C)C=C3CS(=O)(=O)[O-])c2c(F)c(F)c(F)c(F)c2C(=O)N1C. The molecule has 3 aromatic rings. The molecule has 3 aromatic carbocycles. The molecule has 272 valence electrons. The van der Waals surface area contributed by atoms with E-state index in [2.05, 4.69) is 29.7 Å². The molecule has 6 heterocycles. The highest BCUT2D eigenvalue weighted by atomic mass is 32.2. The standard InChI is InChI=1S/C39H37F4N3O5S/c1-18-15-37(2,3)45-11-7-9-20-32(45)22(18)13-24-34(20)51-35-21-10-8-12-46-33(21)23(19(16-38(46,4)5)17-52(48,49)50)14-25(35)39(24)27-26(36(47)44(39)6)28(40)30(42)31(43)29(27)41/h13-16H,7-12,17H2,1-6H3,(H,48,49,50)/p-1. The van der Waals surface area contributed by atoms with Gasteiger partial charge in [-0.2, -0.15) is 0 Å². The first-order chi connectivity index (χ1) is 24.3. The lowest BCUT2D eigenvalue weighted by Gasteiger charge is -2.51. The number of carbonyl (C=O) groups excluding carboxylic acids is 1. The maximum Gasteiger partial charge on any atom is 0.258 e. The van der Waals surface area contributed by atoms with Crippen molar-refractivity contribution < 1.29 is 40.1 Å². The van der Waals surface area contributed by atoms with Gasteiger partial charge in [-0.3, -0.25) is 4.79 Å². The van der Waals surface area contributed by atoms with Crippen LogP contribution in [-0.2, 0) is 28.5 Å². The zero-order chi connectivity index (χ0) is 37.2. The first kappa shape index (κ1) is 33.5. The number of hydrogen-bond donors (Lipinski definition) is 0. The van der Waals surface area contributed by atoms with E-state index in [1.54, 1.807) is 18.2 Å². The van der Waals surface area contributed by atoms with E-state index >= 15 is 13.2 Å². The van der Waals surface area contributed by atoms with E-state index in [1.807, 2.05) is 20.8 Å². The molecule has 1 spiro atoms. The normalized spacial score (nSPS) is 23.0. The van der Waals surface area contributed by atoms with Crippen LogP contribution in [0.25, 0.3) is 11.1 Å². The van der Waals surface area contributed by atoms with Gasteiger partial charge in [-0.25, -0.2) is 26.0 Å². The maximum atomic E-state index is 16.7. The molecule has 13 heteroatoms. The van der Waals surface area contributed by atoms with E-state index in [-0.39, 0.29) is 28.0 Å². The number of hydrogen-bond acceptors (Lipinski definition) is 7. The molecule has 6 aliphatic heterocycles. The number of nitrogens with zero attached hydrogens (tertiary/aromatic N) is 3. The maximum absolute atomic E-state index is 16.7. The number of allylic oxidation sites excluding steroid dienone is 1. The topological polar surface area (TPSA) is 93.2 Å². The van der Waals surface area contributed by atoms with Crippen molar-refractivity contribution in [2.75, 3.05) is 35.7 Å². The molecule has 8 nitrogen and oxygen atoms in total. The number of amides is 1. The average molecular weight is 735 g/mol. The third-order valence-corrected chi connectivity index (χ3v) is 12.7. The lowest BCUT2D eigenvalue weighted by Crippen LogP contribution is -2.50. The summed E-state index contributed by atoms with van der Waals surface area (Å²) in [5.41, 5.74) is 0.876. The smallest absolute Gasteiger partial charge is 0.258 e. The highest BCUT2D eigenvalue weighted by Crippen LogP contribution is 2.64. The van der Waals surface area contributed by atoms with Gasteiger partial charge in [0.15, 0.2) is 23.3 Å². The van der Waals surface area contributed by atoms with Crippen molar-refractivity contribution in [3.05, 3.63) is 92.1 Å². The van der Waals surface area contributed by atoms with Crippen LogP contribution in [0, 0.1) is 23.3 Å². The van der Waals surface area contributed by atoms with Crippen LogP contribution in [-0.4, -0.2) is 60.7 Å². The number of ether oxygens (including phenoxy) is 1. The molecule has 0 bridgehead atoms.